The average molecular weight is 248 g/mol. The molecule has 0 fully saturated rings. The summed E-state index contributed by atoms with van der Waals surface area (Å²) in [6, 6.07) is 0. The van der Waals surface area contributed by atoms with Crippen molar-refractivity contribution >= 4 is 0 Å². The zero-order valence-corrected chi connectivity index (χ0v) is 11.4. The van der Waals surface area contributed by atoms with Gasteiger partial charge in [0.25, 0.3) is 0 Å². The highest BCUT2D eigenvalue weighted by Crippen LogP contribution is 2.33. The summed E-state index contributed by atoms with van der Waals surface area (Å²) in [5.41, 5.74) is -1.03. The van der Waals surface area contributed by atoms with Crippen molar-refractivity contribution in [1.29, 1.82) is 0 Å². The van der Waals surface area contributed by atoms with Crippen LogP contribution in [0.5, 0.6) is 0 Å². The maximum Gasteiger partial charge on any atom is 0.0699 e. The molecule has 0 aliphatic rings. The van der Waals surface area contributed by atoms with Gasteiger partial charge in [0, 0.05) is 6.42 Å². The summed E-state index contributed by atoms with van der Waals surface area (Å²) < 4.78 is 0. The molecule has 0 aliphatic heterocycles. The Labute approximate surface area is 104 Å². The van der Waals surface area contributed by atoms with Crippen LogP contribution < -0.4 is 0 Å². The Hall–Kier alpha value is -0.160. The lowest BCUT2D eigenvalue weighted by Crippen LogP contribution is -2.42. The van der Waals surface area contributed by atoms with Gasteiger partial charge in [-0.3, -0.25) is 0 Å². The number of rotatable bonds is 8. The van der Waals surface area contributed by atoms with Crippen molar-refractivity contribution in [2.45, 2.75) is 77.3 Å². The second kappa shape index (κ2) is 7.31. The Morgan fingerprint density at radius 3 is 1.53 bits per heavy atom. The lowest BCUT2D eigenvalue weighted by molar-refractivity contribution is -0.0800. The summed E-state index contributed by atoms with van der Waals surface area (Å²) in [5, 5.41) is 39.0. The molecule has 0 saturated carbocycles. The van der Waals surface area contributed by atoms with Crippen LogP contribution in [-0.2, 0) is 0 Å². The first-order valence-corrected chi connectivity index (χ1v) is 6.47. The molecular formula is C13H28O4. The predicted octanol–water partition coefficient (Wildman–Crippen LogP) is 1.06. The van der Waals surface area contributed by atoms with Crippen molar-refractivity contribution in [3.63, 3.8) is 0 Å². The van der Waals surface area contributed by atoms with Gasteiger partial charge in [0.1, 0.15) is 0 Å². The third-order valence-electron chi connectivity index (χ3n) is 3.27. The van der Waals surface area contributed by atoms with Crippen LogP contribution in [-0.4, -0.2) is 44.3 Å². The van der Waals surface area contributed by atoms with Gasteiger partial charge >= 0.3 is 0 Å². The van der Waals surface area contributed by atoms with E-state index in [1.54, 1.807) is 20.8 Å². The Morgan fingerprint density at radius 2 is 1.29 bits per heavy atom. The third-order valence-corrected chi connectivity index (χ3v) is 3.27. The molecule has 4 atom stereocenters. The summed E-state index contributed by atoms with van der Waals surface area (Å²) in [7, 11) is 0. The molecule has 4 unspecified atom stereocenters. The molecule has 0 aromatic rings. The van der Waals surface area contributed by atoms with Gasteiger partial charge < -0.3 is 20.4 Å². The normalized spacial score (nSPS) is 22.6. The molecule has 0 heterocycles. The van der Waals surface area contributed by atoms with E-state index in [2.05, 4.69) is 0 Å². The maximum absolute atomic E-state index is 10.6. The smallest absolute Gasteiger partial charge is 0.0699 e. The molecule has 4 N–H and O–H groups in total. The Balaban J connectivity index is 4.80. The van der Waals surface area contributed by atoms with E-state index in [9.17, 15) is 20.4 Å². The second-order valence-electron chi connectivity index (χ2n) is 5.38. The summed E-state index contributed by atoms with van der Waals surface area (Å²) in [4.78, 5) is 0. The molecule has 0 amide bonds. The van der Waals surface area contributed by atoms with E-state index in [-0.39, 0.29) is 12.3 Å². The zero-order valence-electron chi connectivity index (χ0n) is 11.4. The minimum absolute atomic E-state index is 0.206. The SMILES string of the molecule is CCC(O)(CC(C)O)C(CC(C)O)CC(C)O. The van der Waals surface area contributed by atoms with Crippen LogP contribution in [0.3, 0.4) is 0 Å². The minimum atomic E-state index is -1.03. The van der Waals surface area contributed by atoms with Gasteiger partial charge in [-0.2, -0.15) is 0 Å². The molecule has 0 saturated heterocycles. The molecule has 4 nitrogen and oxygen atoms in total. The van der Waals surface area contributed by atoms with Gasteiger partial charge in [0.15, 0.2) is 0 Å². The van der Waals surface area contributed by atoms with Crippen molar-refractivity contribution in [2.75, 3.05) is 0 Å². The van der Waals surface area contributed by atoms with Crippen LogP contribution in [0.4, 0.5) is 0 Å². The molecule has 0 radical (unpaired) electrons. The summed E-state index contributed by atoms with van der Waals surface area (Å²) >= 11 is 0. The summed E-state index contributed by atoms with van der Waals surface area (Å²) in [6.45, 7) is 6.85. The monoisotopic (exact) mass is 248 g/mol. The van der Waals surface area contributed by atoms with E-state index in [4.69, 9.17) is 0 Å². The van der Waals surface area contributed by atoms with E-state index < -0.39 is 23.9 Å². The fourth-order valence-corrected chi connectivity index (χ4v) is 2.47. The van der Waals surface area contributed by atoms with Gasteiger partial charge in [0.05, 0.1) is 23.9 Å². The third kappa shape index (κ3) is 6.36. The highest BCUT2D eigenvalue weighted by molar-refractivity contribution is 4.88. The highest BCUT2D eigenvalue weighted by Gasteiger charge is 2.37. The first-order valence-electron chi connectivity index (χ1n) is 6.47. The molecular weight excluding hydrogens is 220 g/mol. The van der Waals surface area contributed by atoms with Crippen LogP contribution >= 0.6 is 0 Å². The first kappa shape index (κ1) is 16.8. The van der Waals surface area contributed by atoms with Crippen LogP contribution in [0.25, 0.3) is 0 Å². The molecule has 0 aliphatic carbocycles. The predicted molar refractivity (Wildman–Crippen MR) is 67.6 cm³/mol. The quantitative estimate of drug-likeness (QED) is 0.518. The Morgan fingerprint density at radius 1 is 0.882 bits per heavy atom. The van der Waals surface area contributed by atoms with Gasteiger partial charge in [0.2, 0.25) is 0 Å². The fourth-order valence-electron chi connectivity index (χ4n) is 2.47. The standard InChI is InChI=1S/C13H28O4/c1-5-13(17,8-11(4)16)12(6-9(2)14)7-10(3)15/h9-12,14-17H,5-8H2,1-4H3. The molecule has 0 spiro atoms. The number of hydrogen-bond donors (Lipinski definition) is 4. The van der Waals surface area contributed by atoms with Gasteiger partial charge in [-0.25, -0.2) is 0 Å². The lowest BCUT2D eigenvalue weighted by atomic mass is 9.75. The number of aliphatic hydroxyl groups excluding tert-OH is 3. The molecule has 0 aromatic heterocycles. The molecule has 0 aromatic carbocycles. The van der Waals surface area contributed by atoms with Crippen molar-refractivity contribution in [1.82, 2.24) is 0 Å². The van der Waals surface area contributed by atoms with Crippen molar-refractivity contribution in [3.05, 3.63) is 0 Å². The van der Waals surface area contributed by atoms with Gasteiger partial charge in [-0.15, -0.1) is 0 Å². The second-order valence-corrected chi connectivity index (χ2v) is 5.38. The first-order chi connectivity index (χ1) is 7.71. The average Bonchev–Trinajstić information content (AvgIpc) is 2.14. The largest absolute Gasteiger partial charge is 0.393 e. The molecule has 104 valence electrons. The molecule has 4 heteroatoms. The number of aliphatic hydroxyl groups is 4. The Bertz CT molecular complexity index is 194. The topological polar surface area (TPSA) is 80.9 Å². The van der Waals surface area contributed by atoms with E-state index in [0.717, 1.165) is 0 Å². The van der Waals surface area contributed by atoms with Crippen LogP contribution in [0.1, 0.15) is 53.4 Å². The van der Waals surface area contributed by atoms with Crippen LogP contribution in [0.2, 0.25) is 0 Å². The van der Waals surface area contributed by atoms with E-state index in [1.807, 2.05) is 6.92 Å². The fraction of sp³-hybridized carbons (Fsp3) is 1.00. The van der Waals surface area contributed by atoms with E-state index in [1.165, 1.54) is 0 Å². The van der Waals surface area contributed by atoms with Crippen molar-refractivity contribution < 1.29 is 20.4 Å². The summed E-state index contributed by atoms with van der Waals surface area (Å²) in [6.07, 6.45) is 0.00148. The van der Waals surface area contributed by atoms with E-state index >= 15 is 0 Å². The van der Waals surface area contributed by atoms with Gasteiger partial charge in [-0.05, 0) is 46.0 Å². The van der Waals surface area contributed by atoms with Crippen LogP contribution in [0.15, 0.2) is 0 Å². The van der Waals surface area contributed by atoms with Crippen molar-refractivity contribution in [2.24, 2.45) is 5.92 Å². The highest BCUT2D eigenvalue weighted by atomic mass is 16.3. The lowest BCUT2D eigenvalue weighted by Gasteiger charge is -2.38. The zero-order chi connectivity index (χ0) is 13.6. The molecule has 0 rings (SSSR count). The molecule has 17 heavy (non-hydrogen) atoms. The van der Waals surface area contributed by atoms with Crippen molar-refractivity contribution in [3.8, 4) is 0 Å². The maximum atomic E-state index is 10.6. The Kier molecular flexibility index (Phi) is 7.24. The van der Waals surface area contributed by atoms with Crippen LogP contribution in [0, 0.1) is 5.92 Å². The van der Waals surface area contributed by atoms with Gasteiger partial charge in [-0.1, -0.05) is 6.92 Å². The number of hydrogen-bond acceptors (Lipinski definition) is 4. The van der Waals surface area contributed by atoms with E-state index in [0.29, 0.717) is 19.3 Å². The minimum Gasteiger partial charge on any atom is -0.393 e. The molecule has 0 bridgehead atoms. The summed E-state index contributed by atoms with van der Waals surface area (Å²) in [5.74, 6) is -0.206.